The molecule has 6 nitrogen and oxygen atoms in total. The summed E-state index contributed by atoms with van der Waals surface area (Å²) in [6.07, 6.45) is 2.03. The van der Waals surface area contributed by atoms with E-state index in [0.717, 1.165) is 42.6 Å². The van der Waals surface area contributed by atoms with Crippen molar-refractivity contribution >= 4 is 28.5 Å². The normalized spacial score (nSPS) is 17.2. The van der Waals surface area contributed by atoms with E-state index in [2.05, 4.69) is 22.0 Å². The Morgan fingerprint density at radius 3 is 2.91 bits per heavy atom. The van der Waals surface area contributed by atoms with Gasteiger partial charge in [0.05, 0.1) is 6.54 Å². The third-order valence-corrected chi connectivity index (χ3v) is 4.70. The average Bonchev–Trinajstić information content (AvgIpc) is 2.89. The van der Waals surface area contributed by atoms with Gasteiger partial charge >= 0.3 is 0 Å². The number of halogens is 1. The van der Waals surface area contributed by atoms with Crippen molar-refractivity contribution in [2.45, 2.75) is 25.4 Å². The Morgan fingerprint density at radius 1 is 1.48 bits per heavy atom. The van der Waals surface area contributed by atoms with Crippen molar-refractivity contribution in [2.24, 2.45) is 5.73 Å². The maximum Gasteiger partial charge on any atom is 0.231 e. The number of rotatable bonds is 5. The van der Waals surface area contributed by atoms with Crippen LogP contribution in [0, 0.1) is 0 Å². The Kier molecular flexibility index (Phi) is 4.84. The molecule has 0 bridgehead atoms. The van der Waals surface area contributed by atoms with Crippen LogP contribution in [0.1, 0.15) is 18.5 Å². The number of benzene rings is 1. The lowest BCUT2D eigenvalue weighted by Crippen LogP contribution is -2.45. The fourth-order valence-corrected chi connectivity index (χ4v) is 3.35. The first-order valence-corrected chi connectivity index (χ1v) is 8.15. The molecule has 0 atom stereocenters. The molecule has 3 rings (SSSR count). The molecule has 0 saturated carbocycles. The van der Waals surface area contributed by atoms with Crippen LogP contribution in [0.2, 0.25) is 5.02 Å². The van der Waals surface area contributed by atoms with E-state index in [1.165, 1.54) is 0 Å². The molecule has 1 fully saturated rings. The molecule has 0 aliphatic carbocycles. The van der Waals surface area contributed by atoms with Gasteiger partial charge in [0.1, 0.15) is 5.69 Å². The fraction of sp³-hybridized carbons (Fsp3) is 0.500. The summed E-state index contributed by atoms with van der Waals surface area (Å²) in [6.45, 7) is 2.85. The molecule has 2 N–H and O–H groups in total. The largest absolute Gasteiger partial charge is 0.369 e. The van der Waals surface area contributed by atoms with Crippen molar-refractivity contribution in [3.8, 4) is 0 Å². The van der Waals surface area contributed by atoms with E-state index in [9.17, 15) is 4.79 Å². The highest BCUT2D eigenvalue weighted by Gasteiger charge is 2.24. The van der Waals surface area contributed by atoms with Gasteiger partial charge in [-0.1, -0.05) is 16.8 Å². The van der Waals surface area contributed by atoms with Crippen LogP contribution in [-0.4, -0.2) is 53.6 Å². The summed E-state index contributed by atoms with van der Waals surface area (Å²) in [7, 11) is 2.10. The van der Waals surface area contributed by atoms with Gasteiger partial charge in [-0.3, -0.25) is 14.6 Å². The van der Waals surface area contributed by atoms with Crippen LogP contribution < -0.4 is 5.73 Å². The van der Waals surface area contributed by atoms with Crippen molar-refractivity contribution in [2.75, 3.05) is 26.7 Å². The summed E-state index contributed by atoms with van der Waals surface area (Å²) in [4.78, 5) is 15.4. The lowest BCUT2D eigenvalue weighted by atomic mass is 10.0. The second kappa shape index (κ2) is 6.86. The molecule has 2 heterocycles. The van der Waals surface area contributed by atoms with Crippen molar-refractivity contribution in [3.63, 3.8) is 0 Å². The molecule has 1 saturated heterocycles. The molecule has 0 unspecified atom stereocenters. The topological polar surface area (TPSA) is 75.6 Å². The van der Waals surface area contributed by atoms with E-state index in [-0.39, 0.29) is 5.91 Å². The molecule has 0 spiro atoms. The van der Waals surface area contributed by atoms with Crippen LogP contribution in [-0.2, 0) is 11.3 Å². The van der Waals surface area contributed by atoms with Crippen molar-refractivity contribution in [1.82, 2.24) is 15.0 Å². The Hall–Kier alpha value is -1.63. The van der Waals surface area contributed by atoms with Gasteiger partial charge in [-0.15, -0.1) is 0 Å². The first-order chi connectivity index (χ1) is 11.0. The number of amides is 1. The highest BCUT2D eigenvalue weighted by Crippen LogP contribution is 2.25. The predicted octanol–water partition coefficient (Wildman–Crippen LogP) is 1.86. The van der Waals surface area contributed by atoms with E-state index in [4.69, 9.17) is 21.9 Å². The van der Waals surface area contributed by atoms with Crippen molar-refractivity contribution < 1.29 is 9.32 Å². The van der Waals surface area contributed by atoms with Crippen LogP contribution in [0.5, 0.6) is 0 Å². The quantitative estimate of drug-likeness (QED) is 0.902. The molecule has 23 heavy (non-hydrogen) atoms. The molecule has 1 aliphatic heterocycles. The number of aromatic nitrogens is 1. The molecule has 1 aliphatic rings. The highest BCUT2D eigenvalue weighted by atomic mass is 35.5. The molecule has 1 aromatic heterocycles. The highest BCUT2D eigenvalue weighted by molar-refractivity contribution is 6.31. The minimum atomic E-state index is -0.261. The Labute approximate surface area is 140 Å². The van der Waals surface area contributed by atoms with Crippen molar-refractivity contribution in [1.29, 1.82) is 0 Å². The number of primary amides is 1. The van der Waals surface area contributed by atoms with E-state index in [1.54, 1.807) is 6.07 Å². The molecule has 0 radical (unpaired) electrons. The molecular formula is C16H21ClN4O2. The van der Waals surface area contributed by atoms with Crippen LogP contribution >= 0.6 is 11.6 Å². The summed E-state index contributed by atoms with van der Waals surface area (Å²) < 4.78 is 5.36. The van der Waals surface area contributed by atoms with Gasteiger partial charge in [0.15, 0.2) is 5.58 Å². The number of fused-ring (bicyclic) bond motifs is 1. The Bertz CT molecular complexity index is 694. The predicted molar refractivity (Wildman–Crippen MR) is 89.1 cm³/mol. The number of likely N-dealkylation sites (tertiary alicyclic amines) is 1. The molecule has 1 aromatic carbocycles. The van der Waals surface area contributed by atoms with Crippen molar-refractivity contribution in [3.05, 3.63) is 28.9 Å². The summed E-state index contributed by atoms with van der Waals surface area (Å²) >= 11 is 6.06. The summed E-state index contributed by atoms with van der Waals surface area (Å²) in [5, 5.41) is 5.83. The minimum Gasteiger partial charge on any atom is -0.369 e. The number of carbonyl (C=O) groups excluding carboxylic acids is 1. The maximum atomic E-state index is 11.0. The molecular weight excluding hydrogens is 316 g/mol. The van der Waals surface area contributed by atoms with Crippen LogP contribution in [0.15, 0.2) is 22.7 Å². The van der Waals surface area contributed by atoms with Gasteiger partial charge in [-0.2, -0.15) is 0 Å². The Balaban J connectivity index is 1.62. The SMILES string of the molecule is CN(Cc1noc2ccc(Cl)cc12)C1CCN(CC(N)=O)CC1. The third-order valence-electron chi connectivity index (χ3n) is 4.47. The van der Waals surface area contributed by atoms with Gasteiger partial charge in [0.25, 0.3) is 0 Å². The smallest absolute Gasteiger partial charge is 0.231 e. The van der Waals surface area contributed by atoms with E-state index < -0.39 is 0 Å². The first-order valence-electron chi connectivity index (χ1n) is 7.77. The average molecular weight is 337 g/mol. The monoisotopic (exact) mass is 336 g/mol. The minimum absolute atomic E-state index is 0.261. The van der Waals surface area contributed by atoms with Crippen LogP contribution in [0.25, 0.3) is 11.0 Å². The number of nitrogens with zero attached hydrogens (tertiary/aromatic N) is 3. The Morgan fingerprint density at radius 2 is 2.22 bits per heavy atom. The van der Waals surface area contributed by atoms with Gasteiger partial charge in [0, 0.05) is 36.1 Å². The zero-order valence-corrected chi connectivity index (χ0v) is 13.9. The summed E-state index contributed by atoms with van der Waals surface area (Å²) in [6, 6.07) is 6.00. The number of nitrogens with two attached hydrogens (primary N) is 1. The van der Waals surface area contributed by atoms with Gasteiger partial charge in [-0.25, -0.2) is 0 Å². The molecule has 124 valence electrons. The maximum absolute atomic E-state index is 11.0. The fourth-order valence-electron chi connectivity index (χ4n) is 3.18. The first kappa shape index (κ1) is 16.2. The number of piperidine rings is 1. The van der Waals surface area contributed by atoms with E-state index in [1.807, 2.05) is 12.1 Å². The van der Waals surface area contributed by atoms with Gasteiger partial charge in [0.2, 0.25) is 5.91 Å². The number of hydrogen-bond donors (Lipinski definition) is 1. The molecule has 2 aromatic rings. The van der Waals surface area contributed by atoms with Gasteiger partial charge < -0.3 is 10.3 Å². The van der Waals surface area contributed by atoms with Crippen LogP contribution in [0.3, 0.4) is 0 Å². The molecule has 1 amide bonds. The van der Waals surface area contributed by atoms with E-state index in [0.29, 0.717) is 24.2 Å². The summed E-state index contributed by atoms with van der Waals surface area (Å²) in [5.74, 6) is -0.261. The third kappa shape index (κ3) is 3.83. The van der Waals surface area contributed by atoms with Gasteiger partial charge in [-0.05, 0) is 38.1 Å². The molecule has 7 heteroatoms. The lowest BCUT2D eigenvalue weighted by Gasteiger charge is -2.35. The lowest BCUT2D eigenvalue weighted by molar-refractivity contribution is -0.119. The zero-order chi connectivity index (χ0) is 16.4. The van der Waals surface area contributed by atoms with E-state index >= 15 is 0 Å². The standard InChI is InChI=1S/C16H21ClN4O2/c1-20(12-4-6-21(7-5-12)10-16(18)22)9-14-13-8-11(17)2-3-15(13)23-19-14/h2-3,8,12H,4-7,9-10H2,1H3,(H2,18,22). The van der Waals surface area contributed by atoms with Crippen LogP contribution in [0.4, 0.5) is 0 Å². The zero-order valence-electron chi connectivity index (χ0n) is 13.2. The second-order valence-corrected chi connectivity index (χ2v) is 6.59. The number of hydrogen-bond acceptors (Lipinski definition) is 5. The second-order valence-electron chi connectivity index (χ2n) is 6.16. The summed E-state index contributed by atoms with van der Waals surface area (Å²) in [5.41, 5.74) is 6.92. The number of carbonyl (C=O) groups is 1.